The summed E-state index contributed by atoms with van der Waals surface area (Å²) in [6, 6.07) is 0. The Balaban J connectivity index is 1.65. The molecule has 0 amide bonds. The third-order valence-corrected chi connectivity index (χ3v) is 5.18. The van der Waals surface area contributed by atoms with Crippen molar-refractivity contribution in [1.29, 1.82) is 0 Å². The summed E-state index contributed by atoms with van der Waals surface area (Å²) in [5.41, 5.74) is 0. The first kappa shape index (κ1) is 11.0. The summed E-state index contributed by atoms with van der Waals surface area (Å²) in [6.07, 6.45) is 7.06. The molecular formula is C14H24O2. The first-order valence-corrected chi connectivity index (χ1v) is 7.00. The van der Waals surface area contributed by atoms with E-state index in [1.165, 1.54) is 25.7 Å². The molecule has 0 aromatic carbocycles. The topological polar surface area (TPSA) is 32.8 Å². The SMILES string of the molecule is CC1CCC(C2CCC(C)C3OC23)C(O)C1. The molecule has 3 aliphatic rings. The van der Waals surface area contributed by atoms with Crippen molar-refractivity contribution in [2.45, 2.75) is 64.3 Å². The zero-order valence-electron chi connectivity index (χ0n) is 10.4. The lowest BCUT2D eigenvalue weighted by Gasteiger charge is -2.38. The molecule has 0 aromatic rings. The fourth-order valence-corrected chi connectivity index (χ4v) is 4.05. The van der Waals surface area contributed by atoms with Crippen molar-refractivity contribution in [2.24, 2.45) is 23.7 Å². The number of aliphatic hydroxyl groups is 1. The summed E-state index contributed by atoms with van der Waals surface area (Å²) in [6.45, 7) is 4.57. The molecule has 1 saturated heterocycles. The Morgan fingerprint density at radius 1 is 0.938 bits per heavy atom. The van der Waals surface area contributed by atoms with Crippen LogP contribution in [-0.4, -0.2) is 23.4 Å². The summed E-state index contributed by atoms with van der Waals surface area (Å²) in [7, 11) is 0. The molecule has 0 radical (unpaired) electrons. The third-order valence-electron chi connectivity index (χ3n) is 5.18. The Kier molecular flexibility index (Phi) is 2.75. The number of fused-ring (bicyclic) bond motifs is 1. The summed E-state index contributed by atoms with van der Waals surface area (Å²) < 4.78 is 5.82. The Morgan fingerprint density at radius 2 is 1.69 bits per heavy atom. The van der Waals surface area contributed by atoms with E-state index in [-0.39, 0.29) is 6.10 Å². The Labute approximate surface area is 98.4 Å². The van der Waals surface area contributed by atoms with Crippen LogP contribution in [0.5, 0.6) is 0 Å². The van der Waals surface area contributed by atoms with Crippen LogP contribution in [0.4, 0.5) is 0 Å². The van der Waals surface area contributed by atoms with Crippen molar-refractivity contribution in [2.75, 3.05) is 0 Å². The molecule has 2 saturated carbocycles. The maximum atomic E-state index is 10.2. The van der Waals surface area contributed by atoms with Gasteiger partial charge in [-0.25, -0.2) is 0 Å². The highest BCUT2D eigenvalue weighted by Gasteiger charge is 2.54. The lowest BCUT2D eigenvalue weighted by molar-refractivity contribution is 0.00618. The molecule has 92 valence electrons. The summed E-state index contributed by atoms with van der Waals surface area (Å²) in [5, 5.41) is 10.2. The van der Waals surface area contributed by atoms with E-state index in [4.69, 9.17) is 4.74 Å². The molecule has 3 rings (SSSR count). The standard InChI is InChI=1S/C14H24O2/c1-8-3-5-10(12(15)7-8)11-6-4-9(2)13-14(11)16-13/h8-15H,3-7H2,1-2H3. The van der Waals surface area contributed by atoms with Crippen LogP contribution in [0.1, 0.15) is 46.0 Å². The minimum atomic E-state index is -0.0630. The van der Waals surface area contributed by atoms with Crippen LogP contribution in [0.3, 0.4) is 0 Å². The quantitative estimate of drug-likeness (QED) is 0.694. The van der Waals surface area contributed by atoms with Crippen LogP contribution in [0, 0.1) is 23.7 Å². The first-order valence-electron chi connectivity index (χ1n) is 7.00. The molecule has 7 atom stereocenters. The molecular weight excluding hydrogens is 200 g/mol. The van der Waals surface area contributed by atoms with Crippen LogP contribution in [0.15, 0.2) is 0 Å². The number of aliphatic hydroxyl groups excluding tert-OH is 1. The molecule has 16 heavy (non-hydrogen) atoms. The predicted molar refractivity (Wildman–Crippen MR) is 63.1 cm³/mol. The van der Waals surface area contributed by atoms with Crippen LogP contribution in [0.2, 0.25) is 0 Å². The zero-order chi connectivity index (χ0) is 11.3. The summed E-state index contributed by atoms with van der Waals surface area (Å²) in [4.78, 5) is 0. The Hall–Kier alpha value is -0.0800. The lowest BCUT2D eigenvalue weighted by Crippen LogP contribution is -2.38. The largest absolute Gasteiger partial charge is 0.393 e. The first-order chi connectivity index (χ1) is 7.66. The second-order valence-corrected chi connectivity index (χ2v) is 6.43. The van der Waals surface area contributed by atoms with Crippen molar-refractivity contribution < 1.29 is 9.84 Å². The Morgan fingerprint density at radius 3 is 2.44 bits per heavy atom. The van der Waals surface area contributed by atoms with E-state index >= 15 is 0 Å². The highest BCUT2D eigenvalue weighted by Crippen LogP contribution is 2.50. The van der Waals surface area contributed by atoms with Crippen LogP contribution < -0.4 is 0 Å². The van der Waals surface area contributed by atoms with E-state index in [1.54, 1.807) is 0 Å². The highest BCUT2D eigenvalue weighted by molar-refractivity contribution is 5.01. The van der Waals surface area contributed by atoms with Gasteiger partial charge < -0.3 is 9.84 Å². The minimum absolute atomic E-state index is 0.0630. The van der Waals surface area contributed by atoms with E-state index < -0.39 is 0 Å². The summed E-state index contributed by atoms with van der Waals surface area (Å²) >= 11 is 0. The lowest BCUT2D eigenvalue weighted by atomic mass is 9.68. The highest BCUT2D eigenvalue weighted by atomic mass is 16.6. The van der Waals surface area contributed by atoms with Gasteiger partial charge in [-0.15, -0.1) is 0 Å². The monoisotopic (exact) mass is 224 g/mol. The van der Waals surface area contributed by atoms with Gasteiger partial charge in [0.15, 0.2) is 0 Å². The molecule has 7 unspecified atom stereocenters. The van der Waals surface area contributed by atoms with E-state index in [0.29, 0.717) is 30.0 Å². The summed E-state index contributed by atoms with van der Waals surface area (Å²) in [5.74, 6) is 2.65. The fourth-order valence-electron chi connectivity index (χ4n) is 4.05. The molecule has 2 heteroatoms. The van der Waals surface area contributed by atoms with Gasteiger partial charge in [0.2, 0.25) is 0 Å². The molecule has 1 heterocycles. The maximum Gasteiger partial charge on any atom is 0.0876 e. The van der Waals surface area contributed by atoms with Crippen molar-refractivity contribution in [3.63, 3.8) is 0 Å². The number of rotatable bonds is 1. The van der Waals surface area contributed by atoms with Gasteiger partial charge in [-0.05, 0) is 49.4 Å². The van der Waals surface area contributed by atoms with Gasteiger partial charge in [-0.2, -0.15) is 0 Å². The van der Waals surface area contributed by atoms with Gasteiger partial charge in [0.25, 0.3) is 0 Å². The van der Waals surface area contributed by atoms with Crippen LogP contribution >= 0.6 is 0 Å². The number of epoxide rings is 1. The van der Waals surface area contributed by atoms with Crippen molar-refractivity contribution in [3.05, 3.63) is 0 Å². The van der Waals surface area contributed by atoms with Gasteiger partial charge in [0, 0.05) is 0 Å². The van der Waals surface area contributed by atoms with Crippen molar-refractivity contribution >= 4 is 0 Å². The number of ether oxygens (including phenoxy) is 1. The molecule has 3 fully saturated rings. The van der Waals surface area contributed by atoms with Crippen LogP contribution in [-0.2, 0) is 4.74 Å². The second-order valence-electron chi connectivity index (χ2n) is 6.43. The number of hydrogen-bond acceptors (Lipinski definition) is 2. The molecule has 2 nitrogen and oxygen atoms in total. The Bertz CT molecular complexity index is 259. The van der Waals surface area contributed by atoms with Crippen molar-refractivity contribution in [3.8, 4) is 0 Å². The van der Waals surface area contributed by atoms with Gasteiger partial charge in [0.1, 0.15) is 0 Å². The molecule has 0 spiro atoms. The van der Waals surface area contributed by atoms with E-state index in [9.17, 15) is 5.11 Å². The van der Waals surface area contributed by atoms with E-state index in [2.05, 4.69) is 13.8 Å². The molecule has 1 N–H and O–H groups in total. The average Bonchev–Trinajstić information content (AvgIpc) is 3.00. The second kappa shape index (κ2) is 3.99. The fraction of sp³-hybridized carbons (Fsp3) is 1.00. The third kappa shape index (κ3) is 1.80. The maximum absolute atomic E-state index is 10.2. The molecule has 0 aromatic heterocycles. The molecule has 1 aliphatic heterocycles. The van der Waals surface area contributed by atoms with Gasteiger partial charge in [0.05, 0.1) is 18.3 Å². The van der Waals surface area contributed by atoms with Crippen molar-refractivity contribution in [1.82, 2.24) is 0 Å². The van der Waals surface area contributed by atoms with Gasteiger partial charge >= 0.3 is 0 Å². The zero-order valence-corrected chi connectivity index (χ0v) is 10.4. The minimum Gasteiger partial charge on any atom is -0.393 e. The van der Waals surface area contributed by atoms with E-state index in [1.807, 2.05) is 0 Å². The van der Waals surface area contributed by atoms with E-state index in [0.717, 1.165) is 12.3 Å². The van der Waals surface area contributed by atoms with Gasteiger partial charge in [-0.3, -0.25) is 0 Å². The molecule has 2 aliphatic carbocycles. The average molecular weight is 224 g/mol. The number of hydrogen-bond donors (Lipinski definition) is 1. The molecule has 0 bridgehead atoms. The normalized spacial score (nSPS) is 56.8. The van der Waals surface area contributed by atoms with Gasteiger partial charge in [-0.1, -0.05) is 20.3 Å². The van der Waals surface area contributed by atoms with Crippen LogP contribution in [0.25, 0.3) is 0 Å². The smallest absolute Gasteiger partial charge is 0.0876 e. The predicted octanol–water partition coefficient (Wildman–Crippen LogP) is 2.60.